The molecular formula is C10H18O3. The summed E-state index contributed by atoms with van der Waals surface area (Å²) in [5, 5.41) is 18.0. The van der Waals surface area contributed by atoms with E-state index in [0.717, 1.165) is 0 Å². The highest BCUT2D eigenvalue weighted by molar-refractivity contribution is 5.03. The zero-order valence-electron chi connectivity index (χ0n) is 8.45. The molecule has 0 aliphatic carbocycles. The van der Waals surface area contributed by atoms with Crippen molar-refractivity contribution in [2.24, 2.45) is 5.92 Å². The summed E-state index contributed by atoms with van der Waals surface area (Å²) in [6.45, 7) is 8.93. The van der Waals surface area contributed by atoms with Crippen molar-refractivity contribution in [3.63, 3.8) is 0 Å². The van der Waals surface area contributed by atoms with Gasteiger partial charge in [-0.15, -0.1) is 6.58 Å². The molecule has 0 spiro atoms. The van der Waals surface area contributed by atoms with Crippen LogP contribution in [0.4, 0.5) is 0 Å². The molecule has 0 heterocycles. The first-order chi connectivity index (χ1) is 5.93. The average Bonchev–Trinajstić information content (AvgIpc) is 2.05. The van der Waals surface area contributed by atoms with E-state index >= 15 is 0 Å². The number of rotatable bonds is 5. The quantitative estimate of drug-likeness (QED) is 0.300. The molecule has 0 saturated heterocycles. The predicted octanol–water partition coefficient (Wildman–Crippen LogP) is 2.34. The van der Waals surface area contributed by atoms with Gasteiger partial charge in [-0.1, -0.05) is 19.9 Å². The monoisotopic (exact) mass is 186 g/mol. The SMILES string of the molecule is C=CC(C)(O)C/C=C(\OO)C(C)C. The van der Waals surface area contributed by atoms with Crippen LogP contribution >= 0.6 is 0 Å². The van der Waals surface area contributed by atoms with Gasteiger partial charge in [0.15, 0.2) is 0 Å². The fourth-order valence-electron chi connectivity index (χ4n) is 0.769. The average molecular weight is 186 g/mol. The first-order valence-corrected chi connectivity index (χ1v) is 4.30. The van der Waals surface area contributed by atoms with Gasteiger partial charge in [0.2, 0.25) is 0 Å². The van der Waals surface area contributed by atoms with Gasteiger partial charge in [-0.3, -0.25) is 0 Å². The second kappa shape index (κ2) is 5.04. The van der Waals surface area contributed by atoms with E-state index in [9.17, 15) is 5.11 Å². The van der Waals surface area contributed by atoms with Gasteiger partial charge >= 0.3 is 0 Å². The first-order valence-electron chi connectivity index (χ1n) is 4.30. The fourth-order valence-corrected chi connectivity index (χ4v) is 0.769. The Balaban J connectivity index is 4.30. The van der Waals surface area contributed by atoms with Crippen molar-refractivity contribution < 1.29 is 15.3 Å². The van der Waals surface area contributed by atoms with Crippen LogP contribution in [-0.4, -0.2) is 16.0 Å². The number of hydrogen-bond donors (Lipinski definition) is 2. The van der Waals surface area contributed by atoms with Crippen molar-refractivity contribution in [2.45, 2.75) is 32.8 Å². The zero-order chi connectivity index (χ0) is 10.5. The van der Waals surface area contributed by atoms with Gasteiger partial charge in [-0.2, -0.15) is 0 Å². The minimum atomic E-state index is -0.946. The lowest BCUT2D eigenvalue weighted by Crippen LogP contribution is -2.19. The van der Waals surface area contributed by atoms with Crippen LogP contribution in [0.2, 0.25) is 0 Å². The molecule has 0 fully saturated rings. The first kappa shape index (κ1) is 12.2. The van der Waals surface area contributed by atoms with Crippen molar-refractivity contribution in [1.82, 2.24) is 0 Å². The number of hydrogen-bond acceptors (Lipinski definition) is 3. The van der Waals surface area contributed by atoms with Gasteiger partial charge in [0, 0.05) is 12.3 Å². The summed E-state index contributed by atoms with van der Waals surface area (Å²) < 4.78 is 0. The van der Waals surface area contributed by atoms with Crippen molar-refractivity contribution in [3.05, 3.63) is 24.5 Å². The molecule has 0 rings (SSSR count). The van der Waals surface area contributed by atoms with Gasteiger partial charge in [0.25, 0.3) is 0 Å². The van der Waals surface area contributed by atoms with Crippen molar-refractivity contribution in [3.8, 4) is 0 Å². The Labute approximate surface area is 79.3 Å². The van der Waals surface area contributed by atoms with Gasteiger partial charge < -0.3 is 9.99 Å². The summed E-state index contributed by atoms with van der Waals surface area (Å²) in [7, 11) is 0. The lowest BCUT2D eigenvalue weighted by Gasteiger charge is -2.16. The second-order valence-corrected chi connectivity index (χ2v) is 3.62. The molecule has 1 unspecified atom stereocenters. The Kier molecular flexibility index (Phi) is 4.73. The molecule has 0 radical (unpaired) electrons. The van der Waals surface area contributed by atoms with Crippen LogP contribution in [0.3, 0.4) is 0 Å². The summed E-state index contributed by atoms with van der Waals surface area (Å²) in [6.07, 6.45) is 3.50. The Bertz CT molecular complexity index is 192. The maximum Gasteiger partial charge on any atom is 0.140 e. The van der Waals surface area contributed by atoms with Gasteiger partial charge in [-0.05, 0) is 13.0 Å². The van der Waals surface area contributed by atoms with Crippen molar-refractivity contribution in [1.29, 1.82) is 0 Å². The second-order valence-electron chi connectivity index (χ2n) is 3.62. The maximum absolute atomic E-state index is 9.55. The summed E-state index contributed by atoms with van der Waals surface area (Å²) in [6, 6.07) is 0. The van der Waals surface area contributed by atoms with E-state index in [1.807, 2.05) is 13.8 Å². The van der Waals surface area contributed by atoms with Crippen LogP contribution in [0, 0.1) is 5.92 Å². The van der Waals surface area contributed by atoms with Crippen LogP contribution in [-0.2, 0) is 4.89 Å². The van der Waals surface area contributed by atoms with Crippen LogP contribution in [0.5, 0.6) is 0 Å². The summed E-state index contributed by atoms with van der Waals surface area (Å²) in [4.78, 5) is 4.17. The highest BCUT2D eigenvalue weighted by Crippen LogP contribution is 2.16. The highest BCUT2D eigenvalue weighted by Gasteiger charge is 2.14. The molecule has 0 amide bonds. The van der Waals surface area contributed by atoms with E-state index in [2.05, 4.69) is 11.5 Å². The number of allylic oxidation sites excluding steroid dienone is 1. The standard InChI is InChI=1S/C10H18O3/c1-5-10(4,11)7-6-9(13-12)8(2)3/h5-6,8,11-12H,1,7H2,2-4H3/b9-6-. The third kappa shape index (κ3) is 4.70. The maximum atomic E-state index is 9.55. The topological polar surface area (TPSA) is 49.7 Å². The molecule has 76 valence electrons. The molecule has 3 nitrogen and oxygen atoms in total. The molecule has 0 aromatic carbocycles. The van der Waals surface area contributed by atoms with Crippen LogP contribution in [0.25, 0.3) is 0 Å². The molecular weight excluding hydrogens is 168 g/mol. The molecule has 13 heavy (non-hydrogen) atoms. The lowest BCUT2D eigenvalue weighted by atomic mass is 10.0. The molecule has 0 aromatic rings. The predicted molar refractivity (Wildman–Crippen MR) is 52.1 cm³/mol. The van der Waals surface area contributed by atoms with Gasteiger partial charge in [0.05, 0.1) is 5.60 Å². The fraction of sp³-hybridized carbons (Fsp3) is 0.600. The third-order valence-electron chi connectivity index (χ3n) is 1.83. The van der Waals surface area contributed by atoms with Crippen LogP contribution in [0.1, 0.15) is 27.2 Å². The Morgan fingerprint density at radius 1 is 1.62 bits per heavy atom. The van der Waals surface area contributed by atoms with E-state index in [1.165, 1.54) is 6.08 Å². The van der Waals surface area contributed by atoms with Crippen molar-refractivity contribution >= 4 is 0 Å². The van der Waals surface area contributed by atoms with E-state index in [1.54, 1.807) is 13.0 Å². The lowest BCUT2D eigenvalue weighted by molar-refractivity contribution is -0.210. The highest BCUT2D eigenvalue weighted by atomic mass is 17.1. The van der Waals surface area contributed by atoms with Gasteiger partial charge in [-0.25, -0.2) is 5.26 Å². The smallest absolute Gasteiger partial charge is 0.140 e. The Morgan fingerprint density at radius 2 is 2.15 bits per heavy atom. The molecule has 0 saturated carbocycles. The molecule has 2 N–H and O–H groups in total. The molecule has 0 bridgehead atoms. The largest absolute Gasteiger partial charge is 0.386 e. The molecule has 3 heteroatoms. The molecule has 0 aliphatic heterocycles. The van der Waals surface area contributed by atoms with Crippen LogP contribution < -0.4 is 0 Å². The summed E-state index contributed by atoms with van der Waals surface area (Å²) in [5.41, 5.74) is -0.946. The minimum absolute atomic E-state index is 0.102. The van der Waals surface area contributed by atoms with Crippen LogP contribution in [0.15, 0.2) is 24.5 Å². The van der Waals surface area contributed by atoms with E-state index < -0.39 is 5.60 Å². The summed E-state index contributed by atoms with van der Waals surface area (Å²) >= 11 is 0. The Morgan fingerprint density at radius 3 is 2.46 bits per heavy atom. The van der Waals surface area contributed by atoms with Crippen molar-refractivity contribution in [2.75, 3.05) is 0 Å². The summed E-state index contributed by atoms with van der Waals surface area (Å²) in [5.74, 6) is 0.563. The molecule has 0 aliphatic rings. The molecule has 1 atom stereocenters. The zero-order valence-corrected chi connectivity index (χ0v) is 8.45. The Hall–Kier alpha value is -0.800. The van der Waals surface area contributed by atoms with Gasteiger partial charge in [0.1, 0.15) is 5.76 Å². The third-order valence-corrected chi connectivity index (χ3v) is 1.83. The number of aliphatic hydroxyl groups is 1. The van der Waals surface area contributed by atoms with E-state index in [4.69, 9.17) is 5.26 Å². The normalized spacial score (nSPS) is 16.9. The minimum Gasteiger partial charge on any atom is -0.386 e. The van der Waals surface area contributed by atoms with E-state index in [-0.39, 0.29) is 5.92 Å². The van der Waals surface area contributed by atoms with E-state index in [0.29, 0.717) is 12.2 Å². The molecule has 0 aromatic heterocycles.